The lowest BCUT2D eigenvalue weighted by molar-refractivity contribution is -0.116. The minimum Gasteiger partial charge on any atom is -0.494 e. The largest absolute Gasteiger partial charge is 0.494 e. The summed E-state index contributed by atoms with van der Waals surface area (Å²) >= 11 is 0. The standard InChI is InChI=1S/C24H29N5O4S/c1-2-33-20-10-12-21(13-11-20)34(31,32)25-15-14-23(30)26-19-8-6-7-18(17-19)24-28-27-22-9-4-3-5-16-29(22)24/h6-8,10-13,17,25H,2-5,9,14-16H2,1H3,(H,26,30). The molecule has 0 atom stereocenters. The Hall–Kier alpha value is -3.24. The van der Waals surface area contributed by atoms with Crippen molar-refractivity contribution in [2.75, 3.05) is 18.5 Å². The molecule has 9 nitrogen and oxygen atoms in total. The first-order chi connectivity index (χ1) is 16.5. The molecule has 0 saturated heterocycles. The van der Waals surface area contributed by atoms with Crippen LogP contribution in [0.2, 0.25) is 0 Å². The summed E-state index contributed by atoms with van der Waals surface area (Å²) in [7, 11) is -3.71. The van der Waals surface area contributed by atoms with Crippen molar-refractivity contribution in [1.82, 2.24) is 19.5 Å². The normalized spacial score (nSPS) is 13.7. The predicted octanol–water partition coefficient (Wildman–Crippen LogP) is 3.38. The van der Waals surface area contributed by atoms with E-state index in [0.29, 0.717) is 18.0 Å². The molecule has 1 aliphatic heterocycles. The lowest BCUT2D eigenvalue weighted by Crippen LogP contribution is -2.27. The molecule has 0 saturated carbocycles. The lowest BCUT2D eigenvalue weighted by Gasteiger charge is -2.10. The zero-order valence-electron chi connectivity index (χ0n) is 19.2. The second-order valence-electron chi connectivity index (χ2n) is 8.08. The van der Waals surface area contributed by atoms with Gasteiger partial charge in [0.25, 0.3) is 0 Å². The summed E-state index contributed by atoms with van der Waals surface area (Å²) in [5, 5.41) is 11.5. The average Bonchev–Trinajstić information content (AvgIpc) is 3.08. The van der Waals surface area contributed by atoms with Crippen LogP contribution in [0, 0.1) is 0 Å². The van der Waals surface area contributed by atoms with Crippen LogP contribution in [0.3, 0.4) is 0 Å². The summed E-state index contributed by atoms with van der Waals surface area (Å²) in [5.41, 5.74) is 1.51. The molecule has 1 aromatic heterocycles. The fraction of sp³-hybridized carbons (Fsp3) is 0.375. The maximum absolute atomic E-state index is 12.5. The molecule has 2 aromatic carbocycles. The highest BCUT2D eigenvalue weighted by atomic mass is 32.2. The first kappa shape index (κ1) is 23.9. The van der Waals surface area contributed by atoms with Gasteiger partial charge in [-0.25, -0.2) is 13.1 Å². The van der Waals surface area contributed by atoms with Crippen molar-refractivity contribution in [3.63, 3.8) is 0 Å². The number of ether oxygens (including phenoxy) is 1. The Morgan fingerprint density at radius 2 is 1.91 bits per heavy atom. The van der Waals surface area contributed by atoms with Crippen molar-refractivity contribution >= 4 is 21.6 Å². The third-order valence-corrected chi connectivity index (χ3v) is 7.08. The number of rotatable bonds is 9. The number of aryl methyl sites for hydroxylation is 1. The zero-order chi connectivity index (χ0) is 24.0. The zero-order valence-corrected chi connectivity index (χ0v) is 20.0. The first-order valence-corrected chi connectivity index (χ1v) is 13.0. The summed E-state index contributed by atoms with van der Waals surface area (Å²) in [5.74, 6) is 2.12. The second-order valence-corrected chi connectivity index (χ2v) is 9.85. The van der Waals surface area contributed by atoms with E-state index in [1.54, 1.807) is 18.2 Å². The van der Waals surface area contributed by atoms with Gasteiger partial charge in [0, 0.05) is 37.2 Å². The van der Waals surface area contributed by atoms with E-state index in [1.807, 2.05) is 25.1 Å². The van der Waals surface area contributed by atoms with Crippen LogP contribution in [0.5, 0.6) is 5.75 Å². The summed E-state index contributed by atoms with van der Waals surface area (Å²) in [6.45, 7) is 3.24. The molecule has 0 unspecified atom stereocenters. The Bertz CT molecular complexity index is 1240. The number of nitrogens with one attached hydrogen (secondary N) is 2. The van der Waals surface area contributed by atoms with E-state index < -0.39 is 10.0 Å². The summed E-state index contributed by atoms with van der Waals surface area (Å²) in [4.78, 5) is 12.6. The van der Waals surface area contributed by atoms with Gasteiger partial charge in [0.2, 0.25) is 15.9 Å². The first-order valence-electron chi connectivity index (χ1n) is 11.5. The van der Waals surface area contributed by atoms with Crippen LogP contribution >= 0.6 is 0 Å². The predicted molar refractivity (Wildman–Crippen MR) is 129 cm³/mol. The number of benzene rings is 2. The van der Waals surface area contributed by atoms with E-state index in [9.17, 15) is 13.2 Å². The van der Waals surface area contributed by atoms with E-state index >= 15 is 0 Å². The van der Waals surface area contributed by atoms with Gasteiger partial charge in [-0.3, -0.25) is 4.79 Å². The lowest BCUT2D eigenvalue weighted by atomic mass is 10.2. The number of anilines is 1. The number of carbonyl (C=O) groups is 1. The van der Waals surface area contributed by atoms with Crippen LogP contribution in [0.1, 0.15) is 38.4 Å². The minimum atomic E-state index is -3.71. The molecule has 3 aromatic rings. The highest BCUT2D eigenvalue weighted by molar-refractivity contribution is 7.89. The quantitative estimate of drug-likeness (QED) is 0.482. The number of nitrogens with zero attached hydrogens (tertiary/aromatic N) is 3. The van der Waals surface area contributed by atoms with E-state index in [0.717, 1.165) is 43.0 Å². The molecule has 0 fully saturated rings. The fourth-order valence-electron chi connectivity index (χ4n) is 3.92. The molecule has 180 valence electrons. The SMILES string of the molecule is CCOc1ccc(S(=O)(=O)NCCC(=O)Nc2cccc(-c3nnc4n3CCCCC4)c2)cc1. The number of sulfonamides is 1. The maximum Gasteiger partial charge on any atom is 0.240 e. The average molecular weight is 484 g/mol. The van der Waals surface area contributed by atoms with Gasteiger partial charge in [-0.2, -0.15) is 0 Å². The fourth-order valence-corrected chi connectivity index (χ4v) is 4.95. The van der Waals surface area contributed by atoms with E-state index in [2.05, 4.69) is 24.8 Å². The van der Waals surface area contributed by atoms with Gasteiger partial charge in [0.15, 0.2) is 5.82 Å². The number of fused-ring (bicyclic) bond motifs is 1. The molecular weight excluding hydrogens is 454 g/mol. The minimum absolute atomic E-state index is 0.000811. The Kier molecular flexibility index (Phi) is 7.59. The third kappa shape index (κ3) is 5.81. The summed E-state index contributed by atoms with van der Waals surface area (Å²) in [6, 6.07) is 13.6. The number of aromatic nitrogens is 3. The number of hydrogen-bond donors (Lipinski definition) is 2. The van der Waals surface area contributed by atoms with Gasteiger partial charge in [-0.15, -0.1) is 10.2 Å². The smallest absolute Gasteiger partial charge is 0.240 e. The van der Waals surface area contributed by atoms with Gasteiger partial charge in [-0.05, 0) is 56.2 Å². The molecule has 2 heterocycles. The van der Waals surface area contributed by atoms with Crippen molar-refractivity contribution in [2.45, 2.75) is 50.5 Å². The van der Waals surface area contributed by atoms with E-state index in [-0.39, 0.29) is 23.8 Å². The van der Waals surface area contributed by atoms with Crippen molar-refractivity contribution in [3.8, 4) is 17.1 Å². The topological polar surface area (TPSA) is 115 Å². The van der Waals surface area contributed by atoms with E-state index in [4.69, 9.17) is 4.74 Å². The number of amides is 1. The Labute approximate surface area is 199 Å². The van der Waals surface area contributed by atoms with Crippen LogP contribution in [0.15, 0.2) is 53.4 Å². The van der Waals surface area contributed by atoms with Gasteiger partial charge in [-0.1, -0.05) is 18.6 Å². The van der Waals surface area contributed by atoms with Crippen molar-refractivity contribution < 1.29 is 17.9 Å². The molecule has 1 amide bonds. The highest BCUT2D eigenvalue weighted by Gasteiger charge is 2.17. The Balaban J connectivity index is 1.34. The van der Waals surface area contributed by atoms with Crippen LogP contribution < -0.4 is 14.8 Å². The van der Waals surface area contributed by atoms with Gasteiger partial charge in [0.1, 0.15) is 11.6 Å². The second kappa shape index (κ2) is 10.8. The molecule has 0 aliphatic carbocycles. The van der Waals surface area contributed by atoms with Gasteiger partial charge in [0.05, 0.1) is 11.5 Å². The van der Waals surface area contributed by atoms with Crippen LogP contribution in [-0.2, 0) is 27.8 Å². The van der Waals surface area contributed by atoms with E-state index in [1.165, 1.54) is 18.6 Å². The molecule has 0 radical (unpaired) electrons. The van der Waals surface area contributed by atoms with Crippen molar-refractivity contribution in [1.29, 1.82) is 0 Å². The highest BCUT2D eigenvalue weighted by Crippen LogP contribution is 2.25. The molecule has 34 heavy (non-hydrogen) atoms. The van der Waals surface area contributed by atoms with Gasteiger partial charge >= 0.3 is 0 Å². The Morgan fingerprint density at radius 3 is 2.71 bits per heavy atom. The maximum atomic E-state index is 12.5. The van der Waals surface area contributed by atoms with Crippen LogP contribution in [0.4, 0.5) is 5.69 Å². The van der Waals surface area contributed by atoms with Gasteiger partial charge < -0.3 is 14.6 Å². The third-order valence-electron chi connectivity index (χ3n) is 5.60. The Morgan fingerprint density at radius 1 is 1.09 bits per heavy atom. The molecular formula is C24H29N5O4S. The van der Waals surface area contributed by atoms with Crippen molar-refractivity contribution in [3.05, 3.63) is 54.4 Å². The monoisotopic (exact) mass is 483 g/mol. The molecule has 2 N–H and O–H groups in total. The van der Waals surface area contributed by atoms with Crippen LogP contribution in [-0.4, -0.2) is 42.2 Å². The molecule has 1 aliphatic rings. The van der Waals surface area contributed by atoms with Crippen molar-refractivity contribution in [2.24, 2.45) is 0 Å². The molecule has 10 heteroatoms. The molecule has 4 rings (SSSR count). The summed E-state index contributed by atoms with van der Waals surface area (Å²) < 4.78 is 34.9. The van der Waals surface area contributed by atoms with Crippen LogP contribution in [0.25, 0.3) is 11.4 Å². The number of carbonyl (C=O) groups excluding carboxylic acids is 1. The molecule has 0 spiro atoms. The summed E-state index contributed by atoms with van der Waals surface area (Å²) in [6.07, 6.45) is 4.33. The molecule has 0 bridgehead atoms. The number of hydrogen-bond acceptors (Lipinski definition) is 6.